The Balaban J connectivity index is 1.88. The average Bonchev–Trinajstić information content (AvgIpc) is 2.99. The second-order valence-corrected chi connectivity index (χ2v) is 6.60. The first-order chi connectivity index (χ1) is 12.2. The molecule has 1 aliphatic rings. The van der Waals surface area contributed by atoms with Gasteiger partial charge in [-0.2, -0.15) is 5.10 Å². The van der Waals surface area contributed by atoms with Crippen molar-refractivity contribution in [3.63, 3.8) is 0 Å². The van der Waals surface area contributed by atoms with Crippen LogP contribution >= 0.6 is 0 Å². The van der Waals surface area contributed by atoms with Gasteiger partial charge in [-0.1, -0.05) is 36.4 Å². The minimum absolute atomic E-state index is 0.0691. The van der Waals surface area contributed by atoms with Gasteiger partial charge in [0.25, 0.3) is 0 Å². The zero-order valence-electron chi connectivity index (χ0n) is 14.2. The van der Waals surface area contributed by atoms with E-state index in [4.69, 9.17) is 0 Å². The minimum atomic E-state index is 0.0691. The van der Waals surface area contributed by atoms with Gasteiger partial charge < -0.3 is 5.32 Å². The molecular formula is C21H18N4. The van der Waals surface area contributed by atoms with Gasteiger partial charge >= 0.3 is 0 Å². The Morgan fingerprint density at radius 2 is 1.76 bits per heavy atom. The van der Waals surface area contributed by atoms with Crippen molar-refractivity contribution in [2.24, 2.45) is 0 Å². The standard InChI is InChI=1S/C21H18N4/c1-13-6-5-7-14(2)18(13)19-16-10-11-25-21(16)20(22-12-23-25)15-8-3-4-9-17(15)24-19/h3-12,19,24H,1-2H3. The third-order valence-corrected chi connectivity index (χ3v) is 5.11. The Kier molecular flexibility index (Phi) is 2.95. The number of rotatable bonds is 1. The number of nitrogens with zero attached hydrogens (tertiary/aromatic N) is 3. The smallest absolute Gasteiger partial charge is 0.137 e. The summed E-state index contributed by atoms with van der Waals surface area (Å²) in [7, 11) is 0. The van der Waals surface area contributed by atoms with Gasteiger partial charge in [0.2, 0.25) is 0 Å². The molecule has 0 aliphatic carbocycles. The SMILES string of the molecule is Cc1cccc(C)c1C1Nc2ccccc2-c2ncnn3ccc1c23. The predicted molar refractivity (Wildman–Crippen MR) is 99.8 cm³/mol. The molecule has 1 atom stereocenters. The highest BCUT2D eigenvalue weighted by Crippen LogP contribution is 2.42. The molecule has 0 fully saturated rings. The van der Waals surface area contributed by atoms with E-state index in [-0.39, 0.29) is 6.04 Å². The van der Waals surface area contributed by atoms with Crippen molar-refractivity contribution in [1.82, 2.24) is 14.6 Å². The van der Waals surface area contributed by atoms with Crippen LogP contribution in [0.5, 0.6) is 0 Å². The van der Waals surface area contributed by atoms with E-state index >= 15 is 0 Å². The van der Waals surface area contributed by atoms with Gasteiger partial charge in [0.05, 0.1) is 11.6 Å². The molecule has 2 aromatic heterocycles. The van der Waals surface area contributed by atoms with Crippen LogP contribution < -0.4 is 5.32 Å². The summed E-state index contributed by atoms with van der Waals surface area (Å²) in [5, 5.41) is 8.18. The van der Waals surface area contributed by atoms with E-state index in [1.165, 1.54) is 22.3 Å². The number of para-hydroxylation sites is 1. The van der Waals surface area contributed by atoms with E-state index in [0.717, 1.165) is 22.5 Å². The lowest BCUT2D eigenvalue weighted by molar-refractivity contribution is 0.895. The maximum atomic E-state index is 4.61. The fourth-order valence-electron chi connectivity index (χ4n) is 3.97. The lowest BCUT2D eigenvalue weighted by Crippen LogP contribution is -2.14. The van der Waals surface area contributed by atoms with Crippen LogP contribution in [0.1, 0.15) is 28.3 Å². The fourth-order valence-corrected chi connectivity index (χ4v) is 3.97. The molecule has 3 heterocycles. The zero-order valence-corrected chi connectivity index (χ0v) is 14.2. The van der Waals surface area contributed by atoms with Crippen molar-refractivity contribution in [2.75, 3.05) is 5.32 Å². The van der Waals surface area contributed by atoms with E-state index in [2.05, 4.69) is 77.8 Å². The molecule has 0 saturated heterocycles. The fraction of sp³-hybridized carbons (Fsp3) is 0.143. The highest BCUT2D eigenvalue weighted by Gasteiger charge is 2.28. The Morgan fingerprint density at radius 3 is 2.60 bits per heavy atom. The van der Waals surface area contributed by atoms with Crippen molar-refractivity contribution in [3.8, 4) is 11.3 Å². The summed E-state index contributed by atoms with van der Waals surface area (Å²) in [6, 6.07) is 17.1. The molecule has 4 heteroatoms. The van der Waals surface area contributed by atoms with Crippen LogP contribution in [0.15, 0.2) is 61.1 Å². The second-order valence-electron chi connectivity index (χ2n) is 6.60. The molecular weight excluding hydrogens is 308 g/mol. The maximum Gasteiger partial charge on any atom is 0.137 e. The number of benzene rings is 2. The third kappa shape index (κ3) is 2.00. The van der Waals surface area contributed by atoms with Gasteiger partial charge in [0.15, 0.2) is 0 Å². The largest absolute Gasteiger partial charge is 0.373 e. The summed E-state index contributed by atoms with van der Waals surface area (Å²) in [5.74, 6) is 0. The molecule has 0 radical (unpaired) electrons. The first kappa shape index (κ1) is 14.2. The third-order valence-electron chi connectivity index (χ3n) is 5.11. The summed E-state index contributed by atoms with van der Waals surface area (Å²) in [6.07, 6.45) is 3.65. The Morgan fingerprint density at radius 1 is 0.960 bits per heavy atom. The van der Waals surface area contributed by atoms with Crippen LogP contribution in [-0.4, -0.2) is 14.6 Å². The van der Waals surface area contributed by atoms with Crippen molar-refractivity contribution in [1.29, 1.82) is 0 Å². The van der Waals surface area contributed by atoms with Crippen molar-refractivity contribution in [3.05, 3.63) is 83.3 Å². The quantitative estimate of drug-likeness (QED) is 0.559. The van der Waals surface area contributed by atoms with Crippen LogP contribution in [0.25, 0.3) is 16.8 Å². The van der Waals surface area contributed by atoms with E-state index in [0.29, 0.717) is 0 Å². The molecule has 1 unspecified atom stereocenters. The molecule has 1 N–H and O–H groups in total. The van der Waals surface area contributed by atoms with Gasteiger partial charge in [-0.3, -0.25) is 0 Å². The zero-order chi connectivity index (χ0) is 17.0. The molecule has 2 aromatic carbocycles. The number of nitrogens with one attached hydrogen (secondary N) is 1. The first-order valence-electron chi connectivity index (χ1n) is 8.48. The second kappa shape index (κ2) is 5.18. The lowest BCUT2D eigenvalue weighted by Gasteiger charge is -2.23. The molecule has 0 saturated carbocycles. The molecule has 4 nitrogen and oxygen atoms in total. The van der Waals surface area contributed by atoms with Gasteiger partial charge in [-0.05, 0) is 42.7 Å². The van der Waals surface area contributed by atoms with Crippen molar-refractivity contribution >= 4 is 11.2 Å². The number of anilines is 1. The monoisotopic (exact) mass is 326 g/mol. The van der Waals surface area contributed by atoms with Crippen LogP contribution in [-0.2, 0) is 0 Å². The van der Waals surface area contributed by atoms with E-state index in [9.17, 15) is 0 Å². The highest BCUT2D eigenvalue weighted by atomic mass is 15.2. The Labute approximate surface area is 146 Å². The Bertz CT molecular complexity index is 1090. The van der Waals surface area contributed by atoms with Crippen molar-refractivity contribution < 1.29 is 0 Å². The Hall–Kier alpha value is -3.14. The predicted octanol–water partition coefficient (Wildman–Crippen LogP) is 4.53. The van der Waals surface area contributed by atoms with Gasteiger partial charge in [0, 0.05) is 23.0 Å². The van der Waals surface area contributed by atoms with Gasteiger partial charge in [0.1, 0.15) is 12.0 Å². The van der Waals surface area contributed by atoms with Crippen LogP contribution in [0.4, 0.5) is 5.69 Å². The summed E-state index contributed by atoms with van der Waals surface area (Å²) >= 11 is 0. The number of aromatic nitrogens is 3. The molecule has 0 bridgehead atoms. The summed E-state index contributed by atoms with van der Waals surface area (Å²) < 4.78 is 1.93. The van der Waals surface area contributed by atoms with Gasteiger partial charge in [-0.25, -0.2) is 9.50 Å². The number of aryl methyl sites for hydroxylation is 2. The average molecular weight is 326 g/mol. The molecule has 25 heavy (non-hydrogen) atoms. The van der Waals surface area contributed by atoms with Crippen LogP contribution in [0, 0.1) is 13.8 Å². The lowest BCUT2D eigenvalue weighted by atomic mass is 9.92. The van der Waals surface area contributed by atoms with E-state index in [1.54, 1.807) is 6.33 Å². The number of hydrogen-bond donors (Lipinski definition) is 1. The van der Waals surface area contributed by atoms with Gasteiger partial charge in [-0.15, -0.1) is 0 Å². The summed E-state index contributed by atoms with van der Waals surface area (Å²) in [5.41, 5.74) is 9.38. The first-order valence-corrected chi connectivity index (χ1v) is 8.48. The maximum absolute atomic E-state index is 4.61. The molecule has 122 valence electrons. The molecule has 1 aliphatic heterocycles. The van der Waals surface area contributed by atoms with E-state index in [1.807, 2.05) is 10.7 Å². The number of hydrogen-bond acceptors (Lipinski definition) is 3. The summed E-state index contributed by atoms with van der Waals surface area (Å²) in [6.45, 7) is 4.35. The minimum Gasteiger partial charge on any atom is -0.373 e. The topological polar surface area (TPSA) is 42.2 Å². The molecule has 5 rings (SSSR count). The van der Waals surface area contributed by atoms with Crippen LogP contribution in [0.3, 0.4) is 0 Å². The van der Waals surface area contributed by atoms with E-state index < -0.39 is 0 Å². The number of fused-ring (bicyclic) bond motifs is 2. The molecule has 0 spiro atoms. The van der Waals surface area contributed by atoms with Crippen LogP contribution in [0.2, 0.25) is 0 Å². The molecule has 4 aromatic rings. The normalized spacial score (nSPS) is 15.5. The summed E-state index contributed by atoms with van der Waals surface area (Å²) in [4.78, 5) is 4.61. The highest BCUT2D eigenvalue weighted by molar-refractivity contribution is 5.90. The molecule has 0 amide bonds. The van der Waals surface area contributed by atoms with Crippen molar-refractivity contribution in [2.45, 2.75) is 19.9 Å².